The van der Waals surface area contributed by atoms with E-state index in [4.69, 9.17) is 5.73 Å². The van der Waals surface area contributed by atoms with Crippen molar-refractivity contribution in [1.82, 2.24) is 10.2 Å². The van der Waals surface area contributed by atoms with Crippen LogP contribution < -0.4 is 11.1 Å². The van der Waals surface area contributed by atoms with Crippen LogP contribution >= 0.6 is 24.2 Å². The molecule has 2 amide bonds. The van der Waals surface area contributed by atoms with Crippen LogP contribution in [0.2, 0.25) is 0 Å². The Balaban J connectivity index is 0.00000312. The molecule has 9 heteroatoms. The van der Waals surface area contributed by atoms with Gasteiger partial charge in [-0.25, -0.2) is 8.78 Å². The van der Waals surface area contributed by atoms with Crippen molar-refractivity contribution in [2.24, 2.45) is 5.73 Å². The van der Waals surface area contributed by atoms with E-state index in [0.29, 0.717) is 4.90 Å². The van der Waals surface area contributed by atoms with E-state index in [2.05, 4.69) is 5.32 Å². The Morgan fingerprint density at radius 2 is 1.88 bits per heavy atom. The number of nitrogens with zero attached hydrogens (tertiary/aromatic N) is 1. The summed E-state index contributed by atoms with van der Waals surface area (Å²) in [5.74, 6) is -3.48. The van der Waals surface area contributed by atoms with Crippen LogP contribution in [0.3, 0.4) is 0 Å². The van der Waals surface area contributed by atoms with Crippen LogP contribution in [0.4, 0.5) is 8.78 Å². The summed E-state index contributed by atoms with van der Waals surface area (Å²) in [4.78, 5) is 26.6. The number of likely N-dealkylation sites (tertiary alicyclic amines) is 1. The number of halogens is 3. The number of carbonyl (C=O) groups is 2. The molecule has 2 rings (SSSR count). The van der Waals surface area contributed by atoms with Gasteiger partial charge in [-0.15, -0.1) is 24.2 Å². The van der Waals surface area contributed by atoms with Gasteiger partial charge in [0.2, 0.25) is 5.91 Å². The second-order valence-corrected chi connectivity index (χ2v) is 6.63. The molecule has 1 aromatic carbocycles. The molecule has 1 aromatic rings. The first kappa shape index (κ1) is 21.7. The molecule has 1 aliphatic rings. The molecule has 5 nitrogen and oxygen atoms in total. The van der Waals surface area contributed by atoms with Gasteiger partial charge in [-0.2, -0.15) is 0 Å². The van der Waals surface area contributed by atoms with Crippen molar-refractivity contribution < 1.29 is 18.4 Å². The summed E-state index contributed by atoms with van der Waals surface area (Å²) >= 11 is 1.25. The van der Waals surface area contributed by atoms with Gasteiger partial charge in [0.25, 0.3) is 11.8 Å². The number of amides is 2. The zero-order valence-corrected chi connectivity index (χ0v) is 15.3. The fourth-order valence-corrected chi connectivity index (χ4v) is 3.31. The lowest BCUT2D eigenvalue weighted by Crippen LogP contribution is -2.41. The fraction of sp³-hybridized carbons (Fsp3) is 0.500. The van der Waals surface area contributed by atoms with Crippen LogP contribution in [0.25, 0.3) is 0 Å². The molecular weight excluding hydrogens is 372 g/mol. The number of alkyl halides is 2. The lowest BCUT2D eigenvalue weighted by molar-refractivity contribution is -0.127. The molecule has 0 saturated carbocycles. The van der Waals surface area contributed by atoms with Crippen LogP contribution in [0, 0.1) is 0 Å². The number of nitrogens with two attached hydrogens (primary N) is 1. The summed E-state index contributed by atoms with van der Waals surface area (Å²) in [6.45, 7) is -0.0898. The zero-order chi connectivity index (χ0) is 17.6. The molecule has 1 aliphatic heterocycles. The maximum atomic E-state index is 13.2. The minimum Gasteiger partial charge on any atom is -0.346 e. The van der Waals surface area contributed by atoms with Crippen molar-refractivity contribution in [1.29, 1.82) is 0 Å². The zero-order valence-electron chi connectivity index (χ0n) is 13.7. The predicted molar refractivity (Wildman–Crippen MR) is 96.6 cm³/mol. The van der Waals surface area contributed by atoms with E-state index in [1.807, 2.05) is 0 Å². The Labute approximate surface area is 156 Å². The summed E-state index contributed by atoms with van der Waals surface area (Å²) in [7, 11) is 0. The maximum absolute atomic E-state index is 13.2. The van der Waals surface area contributed by atoms with Crippen molar-refractivity contribution in [2.75, 3.05) is 31.9 Å². The number of carbonyl (C=O) groups excluding carboxylic acids is 2. The van der Waals surface area contributed by atoms with Gasteiger partial charge in [-0.3, -0.25) is 9.59 Å². The molecule has 25 heavy (non-hydrogen) atoms. The van der Waals surface area contributed by atoms with Crippen molar-refractivity contribution >= 4 is 36.0 Å². The van der Waals surface area contributed by atoms with Crippen LogP contribution in [-0.4, -0.2) is 54.6 Å². The van der Waals surface area contributed by atoms with E-state index in [0.717, 1.165) is 25.9 Å². The molecule has 1 saturated heterocycles. The minimum absolute atomic E-state index is 0. The topological polar surface area (TPSA) is 75.4 Å². The van der Waals surface area contributed by atoms with Crippen molar-refractivity contribution in [3.63, 3.8) is 0 Å². The third kappa shape index (κ3) is 6.45. The monoisotopic (exact) mass is 393 g/mol. The Morgan fingerprint density at radius 3 is 2.52 bits per heavy atom. The molecule has 1 fully saturated rings. The van der Waals surface area contributed by atoms with Crippen LogP contribution in [0.1, 0.15) is 23.2 Å². The first-order chi connectivity index (χ1) is 11.4. The smallest absolute Gasteiger partial charge is 0.277 e. The summed E-state index contributed by atoms with van der Waals surface area (Å²) in [5, 5.41) is 2.20. The first-order valence-corrected chi connectivity index (χ1v) is 8.77. The number of hydrogen-bond acceptors (Lipinski definition) is 4. The van der Waals surface area contributed by atoms with E-state index in [1.54, 1.807) is 29.2 Å². The highest BCUT2D eigenvalue weighted by Gasteiger charge is 2.28. The van der Waals surface area contributed by atoms with Gasteiger partial charge in [0.05, 0.1) is 24.4 Å². The number of thioether (sulfide) groups is 1. The average Bonchev–Trinajstić information content (AvgIpc) is 3.12. The average molecular weight is 394 g/mol. The van der Waals surface area contributed by atoms with Crippen molar-refractivity contribution in [2.45, 2.75) is 23.7 Å². The van der Waals surface area contributed by atoms with Crippen molar-refractivity contribution in [3.8, 4) is 0 Å². The molecule has 0 radical (unpaired) electrons. The largest absolute Gasteiger partial charge is 0.346 e. The van der Waals surface area contributed by atoms with Gasteiger partial charge < -0.3 is 16.0 Å². The minimum atomic E-state index is -3.14. The lowest BCUT2D eigenvalue weighted by atomic mass is 10.2. The quantitative estimate of drug-likeness (QED) is 0.696. The van der Waals surface area contributed by atoms with Gasteiger partial charge in [0.15, 0.2) is 0 Å². The Hall–Kier alpha value is -1.38. The normalized spacial score (nSPS) is 14.1. The number of rotatable bonds is 7. The molecule has 0 aliphatic carbocycles. The Morgan fingerprint density at radius 1 is 1.24 bits per heavy atom. The summed E-state index contributed by atoms with van der Waals surface area (Å²) in [5.41, 5.74) is 5.24. The molecule has 0 spiro atoms. The van der Waals surface area contributed by atoms with E-state index in [-0.39, 0.29) is 29.6 Å². The number of nitrogens with one attached hydrogen (secondary N) is 1. The molecule has 140 valence electrons. The van der Waals surface area contributed by atoms with Gasteiger partial charge >= 0.3 is 0 Å². The highest BCUT2D eigenvalue weighted by molar-refractivity contribution is 8.00. The van der Waals surface area contributed by atoms with Gasteiger partial charge in [0, 0.05) is 18.0 Å². The number of hydrogen-bond donors (Lipinski definition) is 2. The van der Waals surface area contributed by atoms with E-state index < -0.39 is 24.9 Å². The summed E-state index contributed by atoms with van der Waals surface area (Å²) in [6, 6.07) is 6.66. The molecule has 0 aromatic heterocycles. The van der Waals surface area contributed by atoms with Crippen LogP contribution in [-0.2, 0) is 4.79 Å². The Bertz CT molecular complexity index is 598. The molecule has 0 unspecified atom stereocenters. The first-order valence-electron chi connectivity index (χ1n) is 7.78. The highest BCUT2D eigenvalue weighted by atomic mass is 35.5. The van der Waals surface area contributed by atoms with E-state index >= 15 is 0 Å². The molecule has 0 bridgehead atoms. The second kappa shape index (κ2) is 9.94. The predicted octanol–water partition coefficient (Wildman–Crippen LogP) is 2.15. The SMILES string of the molecule is Cl.NCC(F)(F)CNC(=O)c1ccccc1SCC(=O)N1CCCC1. The van der Waals surface area contributed by atoms with Crippen LogP contribution in [0.5, 0.6) is 0 Å². The molecular formula is C16H22ClF2N3O2S. The lowest BCUT2D eigenvalue weighted by Gasteiger charge is -2.17. The Kier molecular flexibility index (Phi) is 8.61. The fourth-order valence-electron chi connectivity index (χ4n) is 2.35. The van der Waals surface area contributed by atoms with Gasteiger partial charge in [-0.05, 0) is 25.0 Å². The highest BCUT2D eigenvalue weighted by Crippen LogP contribution is 2.24. The van der Waals surface area contributed by atoms with Gasteiger partial charge in [-0.1, -0.05) is 12.1 Å². The molecule has 1 heterocycles. The van der Waals surface area contributed by atoms with Gasteiger partial charge in [0.1, 0.15) is 0 Å². The third-order valence-electron chi connectivity index (χ3n) is 3.75. The standard InChI is InChI=1S/C16H21F2N3O2S.ClH/c17-16(18,10-19)11-20-15(23)12-5-1-2-6-13(12)24-9-14(22)21-7-3-4-8-21;/h1-2,5-6H,3-4,7-11,19H2,(H,20,23);1H. The summed E-state index contributed by atoms with van der Waals surface area (Å²) < 4.78 is 26.3. The second-order valence-electron chi connectivity index (χ2n) is 5.62. The van der Waals surface area contributed by atoms with E-state index in [9.17, 15) is 18.4 Å². The van der Waals surface area contributed by atoms with Crippen LogP contribution in [0.15, 0.2) is 29.2 Å². The molecule has 0 atom stereocenters. The maximum Gasteiger partial charge on any atom is 0.277 e. The molecule has 3 N–H and O–H groups in total. The third-order valence-corrected chi connectivity index (χ3v) is 4.81. The summed E-state index contributed by atoms with van der Waals surface area (Å²) in [6.07, 6.45) is 2.04. The number of benzene rings is 1. The van der Waals surface area contributed by atoms with Crippen molar-refractivity contribution in [3.05, 3.63) is 29.8 Å². The van der Waals surface area contributed by atoms with E-state index in [1.165, 1.54) is 11.8 Å².